The minimum absolute atomic E-state index is 0.207. The quantitative estimate of drug-likeness (QED) is 0.486. The zero-order chi connectivity index (χ0) is 25.2. The van der Waals surface area contributed by atoms with Crippen LogP contribution in [0.1, 0.15) is 12.5 Å². The number of carbonyl (C=O) groups is 3. The van der Waals surface area contributed by atoms with Gasteiger partial charge in [-0.25, -0.2) is 4.79 Å². The van der Waals surface area contributed by atoms with E-state index in [0.29, 0.717) is 29.4 Å². The molecule has 0 fully saturated rings. The number of para-hydroxylation sites is 1. The van der Waals surface area contributed by atoms with Gasteiger partial charge in [-0.15, -0.1) is 0 Å². The van der Waals surface area contributed by atoms with Gasteiger partial charge < -0.3 is 25.2 Å². The number of likely N-dealkylation sites (N-methyl/N-ethyl adjacent to an activating group) is 1. The van der Waals surface area contributed by atoms with Gasteiger partial charge in [0.2, 0.25) is 11.8 Å². The van der Waals surface area contributed by atoms with Crippen molar-refractivity contribution in [2.24, 2.45) is 0 Å². The minimum atomic E-state index is -0.514. The summed E-state index contributed by atoms with van der Waals surface area (Å²) in [6.07, 6.45) is 0. The first kappa shape index (κ1) is 25.3. The molecule has 0 radical (unpaired) electrons. The summed E-state index contributed by atoms with van der Waals surface area (Å²) in [7, 11) is 1.66. The molecule has 182 valence electrons. The summed E-state index contributed by atoms with van der Waals surface area (Å²) >= 11 is 0. The zero-order valence-corrected chi connectivity index (χ0v) is 20.2. The van der Waals surface area contributed by atoms with Crippen LogP contribution in [0.2, 0.25) is 0 Å². The molecule has 0 aliphatic carbocycles. The molecule has 3 aromatic rings. The number of anilines is 3. The van der Waals surface area contributed by atoms with Gasteiger partial charge in [0.1, 0.15) is 12.3 Å². The maximum atomic E-state index is 13.2. The van der Waals surface area contributed by atoms with E-state index in [1.165, 1.54) is 9.80 Å². The van der Waals surface area contributed by atoms with Gasteiger partial charge in [0, 0.05) is 30.2 Å². The number of rotatable bonds is 9. The first-order valence-corrected chi connectivity index (χ1v) is 11.3. The smallest absolute Gasteiger partial charge is 0.319 e. The van der Waals surface area contributed by atoms with Crippen molar-refractivity contribution >= 4 is 34.9 Å². The topological polar surface area (TPSA) is 91.0 Å². The highest BCUT2D eigenvalue weighted by molar-refractivity contribution is 6.05. The third kappa shape index (κ3) is 7.33. The molecule has 0 atom stereocenters. The van der Waals surface area contributed by atoms with E-state index in [1.807, 2.05) is 62.4 Å². The van der Waals surface area contributed by atoms with Crippen LogP contribution in [0.3, 0.4) is 0 Å². The average molecular weight is 475 g/mol. The van der Waals surface area contributed by atoms with E-state index >= 15 is 0 Å². The molecule has 35 heavy (non-hydrogen) atoms. The number of hydrogen-bond acceptors (Lipinski definition) is 4. The second-order valence-corrected chi connectivity index (χ2v) is 7.88. The van der Waals surface area contributed by atoms with Crippen LogP contribution in [0.25, 0.3) is 0 Å². The van der Waals surface area contributed by atoms with E-state index < -0.39 is 11.9 Å². The summed E-state index contributed by atoms with van der Waals surface area (Å²) in [4.78, 5) is 41.4. The number of hydrogen-bond donors (Lipinski definition) is 2. The molecule has 0 heterocycles. The molecule has 0 aromatic heterocycles. The molecule has 0 aliphatic rings. The predicted molar refractivity (Wildman–Crippen MR) is 138 cm³/mol. The number of nitrogens with zero attached hydrogens (tertiary/aromatic N) is 2. The summed E-state index contributed by atoms with van der Waals surface area (Å²) in [5.74, 6) is -0.139. The summed E-state index contributed by atoms with van der Waals surface area (Å²) < 4.78 is 5.56. The van der Waals surface area contributed by atoms with E-state index in [2.05, 4.69) is 10.6 Å². The Bertz CT molecular complexity index is 1170. The highest BCUT2D eigenvalue weighted by atomic mass is 16.5. The molecule has 0 spiro atoms. The maximum absolute atomic E-state index is 13.2. The van der Waals surface area contributed by atoms with Crippen molar-refractivity contribution < 1.29 is 19.1 Å². The zero-order valence-electron chi connectivity index (χ0n) is 20.2. The van der Waals surface area contributed by atoms with Crippen LogP contribution >= 0.6 is 0 Å². The van der Waals surface area contributed by atoms with Crippen molar-refractivity contribution in [3.8, 4) is 5.75 Å². The molecule has 8 nitrogen and oxygen atoms in total. The van der Waals surface area contributed by atoms with Gasteiger partial charge in [-0.1, -0.05) is 36.4 Å². The van der Waals surface area contributed by atoms with E-state index in [9.17, 15) is 14.4 Å². The van der Waals surface area contributed by atoms with Crippen molar-refractivity contribution in [1.82, 2.24) is 5.32 Å². The molecule has 0 aliphatic heterocycles. The van der Waals surface area contributed by atoms with Gasteiger partial charge in [0.05, 0.1) is 13.2 Å². The van der Waals surface area contributed by atoms with Crippen molar-refractivity contribution in [2.45, 2.75) is 13.8 Å². The standard InChI is InChI=1S/C27H30N4O4/c1-4-35-24-15-9-14-23(17-24)31(19-26(33)30(3)22-12-6-5-7-13-22)25(32)18-28-27(34)29-21-11-8-10-20(2)16-21/h5-17H,4,18-19H2,1-3H3,(H2,28,29,34). The van der Waals surface area contributed by atoms with Gasteiger partial charge in [0.15, 0.2) is 0 Å². The van der Waals surface area contributed by atoms with Crippen molar-refractivity contribution in [3.63, 3.8) is 0 Å². The molecular formula is C27H30N4O4. The molecule has 8 heteroatoms. The fourth-order valence-electron chi connectivity index (χ4n) is 3.42. The van der Waals surface area contributed by atoms with Crippen molar-refractivity contribution in [1.29, 1.82) is 0 Å². The minimum Gasteiger partial charge on any atom is -0.494 e. The van der Waals surface area contributed by atoms with Crippen LogP contribution in [0.15, 0.2) is 78.9 Å². The van der Waals surface area contributed by atoms with Gasteiger partial charge in [-0.05, 0) is 55.8 Å². The normalized spacial score (nSPS) is 10.3. The van der Waals surface area contributed by atoms with Gasteiger partial charge in [-0.3, -0.25) is 9.59 Å². The Hall–Kier alpha value is -4.33. The summed E-state index contributed by atoms with van der Waals surface area (Å²) in [6, 6.07) is 23.0. The Morgan fingerprint density at radius 3 is 2.29 bits per heavy atom. The predicted octanol–water partition coefficient (Wildman–Crippen LogP) is 4.21. The Morgan fingerprint density at radius 1 is 0.857 bits per heavy atom. The van der Waals surface area contributed by atoms with Gasteiger partial charge in [0.25, 0.3) is 0 Å². The van der Waals surface area contributed by atoms with Crippen LogP contribution < -0.4 is 25.2 Å². The number of carbonyl (C=O) groups excluding carboxylic acids is 3. The number of aryl methyl sites for hydroxylation is 1. The summed E-state index contributed by atoms with van der Waals surface area (Å²) in [5.41, 5.74) is 2.83. The first-order chi connectivity index (χ1) is 16.9. The third-order valence-electron chi connectivity index (χ3n) is 5.23. The molecule has 0 bridgehead atoms. The summed E-state index contributed by atoms with van der Waals surface area (Å²) in [6.45, 7) is 3.75. The summed E-state index contributed by atoms with van der Waals surface area (Å²) in [5, 5.41) is 5.28. The van der Waals surface area contributed by atoms with Crippen LogP contribution in [0, 0.1) is 6.92 Å². The van der Waals surface area contributed by atoms with E-state index in [1.54, 1.807) is 37.4 Å². The average Bonchev–Trinajstić information content (AvgIpc) is 2.86. The monoisotopic (exact) mass is 474 g/mol. The fraction of sp³-hybridized carbons (Fsp3) is 0.222. The number of urea groups is 1. The maximum Gasteiger partial charge on any atom is 0.319 e. The highest BCUT2D eigenvalue weighted by Crippen LogP contribution is 2.22. The molecule has 4 amide bonds. The van der Waals surface area contributed by atoms with E-state index in [0.717, 1.165) is 5.56 Å². The fourth-order valence-corrected chi connectivity index (χ4v) is 3.42. The SMILES string of the molecule is CCOc1cccc(N(CC(=O)N(C)c2ccccc2)C(=O)CNC(=O)Nc2cccc(C)c2)c1. The number of amides is 4. The van der Waals surface area contributed by atoms with Crippen LogP contribution in [-0.4, -0.2) is 44.6 Å². The highest BCUT2D eigenvalue weighted by Gasteiger charge is 2.23. The van der Waals surface area contributed by atoms with Crippen molar-refractivity contribution in [2.75, 3.05) is 41.9 Å². The molecule has 2 N–H and O–H groups in total. The lowest BCUT2D eigenvalue weighted by Gasteiger charge is -2.26. The van der Waals surface area contributed by atoms with Gasteiger partial charge in [-0.2, -0.15) is 0 Å². The lowest BCUT2D eigenvalue weighted by Crippen LogP contribution is -2.46. The molecule has 0 saturated heterocycles. The molecular weight excluding hydrogens is 444 g/mol. The lowest BCUT2D eigenvalue weighted by molar-refractivity contribution is -0.121. The second kappa shape index (κ2) is 12.2. The second-order valence-electron chi connectivity index (χ2n) is 7.88. The molecule has 3 rings (SSSR count). The van der Waals surface area contributed by atoms with Crippen LogP contribution in [0.5, 0.6) is 5.75 Å². The van der Waals surface area contributed by atoms with E-state index in [-0.39, 0.29) is 19.0 Å². The Morgan fingerprint density at radius 2 is 1.57 bits per heavy atom. The van der Waals surface area contributed by atoms with Gasteiger partial charge >= 0.3 is 6.03 Å². The number of benzene rings is 3. The number of ether oxygens (including phenoxy) is 1. The number of nitrogens with one attached hydrogen (secondary N) is 2. The lowest BCUT2D eigenvalue weighted by atomic mass is 10.2. The Balaban J connectivity index is 1.74. The Kier molecular flexibility index (Phi) is 8.83. The molecule has 0 saturated carbocycles. The Labute approximate surface area is 205 Å². The largest absolute Gasteiger partial charge is 0.494 e. The van der Waals surface area contributed by atoms with Crippen LogP contribution in [-0.2, 0) is 9.59 Å². The first-order valence-electron chi connectivity index (χ1n) is 11.3. The van der Waals surface area contributed by atoms with Crippen molar-refractivity contribution in [3.05, 3.63) is 84.4 Å². The molecule has 3 aromatic carbocycles. The van der Waals surface area contributed by atoms with Crippen LogP contribution in [0.4, 0.5) is 21.9 Å². The third-order valence-corrected chi connectivity index (χ3v) is 5.23. The molecule has 0 unspecified atom stereocenters. The van der Waals surface area contributed by atoms with E-state index in [4.69, 9.17) is 4.74 Å².